The van der Waals surface area contributed by atoms with Crippen LogP contribution in [0.25, 0.3) is 0 Å². The Labute approximate surface area is 108 Å². The molecule has 1 aromatic rings. The van der Waals surface area contributed by atoms with Gasteiger partial charge in [-0.3, -0.25) is 4.18 Å². The van der Waals surface area contributed by atoms with Gasteiger partial charge >= 0.3 is 0 Å². The summed E-state index contributed by atoms with van der Waals surface area (Å²) in [5.41, 5.74) is 1.60. The van der Waals surface area contributed by atoms with Gasteiger partial charge in [0.15, 0.2) is 0 Å². The molecule has 5 heteroatoms. The van der Waals surface area contributed by atoms with Gasteiger partial charge in [0.25, 0.3) is 10.1 Å². The Kier molecular flexibility index (Phi) is 3.49. The number of ether oxygens (including phenoxy) is 1. The molecule has 2 rings (SSSR count). The van der Waals surface area contributed by atoms with Gasteiger partial charge in [-0.05, 0) is 25.5 Å². The molecule has 0 unspecified atom stereocenters. The van der Waals surface area contributed by atoms with Crippen LogP contribution in [0.4, 0.5) is 0 Å². The summed E-state index contributed by atoms with van der Waals surface area (Å²) in [7, 11) is -3.67. The molecule has 0 saturated carbocycles. The third kappa shape index (κ3) is 2.30. The minimum Gasteiger partial charge on any atom is -0.379 e. The molecule has 0 aromatic heterocycles. The van der Waals surface area contributed by atoms with E-state index < -0.39 is 10.1 Å². The molecule has 1 aromatic carbocycles. The van der Waals surface area contributed by atoms with Crippen molar-refractivity contribution in [3.8, 4) is 0 Å². The summed E-state index contributed by atoms with van der Waals surface area (Å²) in [5, 5.41) is 0. The largest absolute Gasteiger partial charge is 0.379 e. The molecule has 18 heavy (non-hydrogen) atoms. The standard InChI is InChI=1S/C13H18O4S/c1-4-17-18(14,15)12-6-5-10(2)7-11(12)13(3)8-16-9-13/h5-7H,4,8-9H2,1-3H3. The lowest BCUT2D eigenvalue weighted by atomic mass is 9.80. The molecule has 1 aliphatic heterocycles. The molecule has 100 valence electrons. The third-order valence-electron chi connectivity index (χ3n) is 3.17. The fourth-order valence-electron chi connectivity index (χ4n) is 2.12. The first kappa shape index (κ1) is 13.5. The van der Waals surface area contributed by atoms with Crippen LogP contribution in [0.15, 0.2) is 23.1 Å². The average Bonchev–Trinajstić information content (AvgIpc) is 2.25. The first-order valence-corrected chi connectivity index (χ1v) is 7.38. The van der Waals surface area contributed by atoms with Gasteiger partial charge in [-0.1, -0.05) is 24.6 Å². The molecule has 0 bridgehead atoms. The van der Waals surface area contributed by atoms with Crippen LogP contribution in [0.2, 0.25) is 0 Å². The number of hydrogen-bond donors (Lipinski definition) is 0. The topological polar surface area (TPSA) is 52.6 Å². The minimum absolute atomic E-state index is 0.142. The molecule has 0 spiro atoms. The average molecular weight is 270 g/mol. The quantitative estimate of drug-likeness (QED) is 0.785. The zero-order chi connectivity index (χ0) is 13.4. The molecule has 0 radical (unpaired) electrons. The van der Waals surface area contributed by atoms with Crippen molar-refractivity contribution in [2.45, 2.75) is 31.1 Å². The van der Waals surface area contributed by atoms with Gasteiger partial charge in [-0.15, -0.1) is 0 Å². The van der Waals surface area contributed by atoms with Gasteiger partial charge in [0, 0.05) is 5.41 Å². The molecular formula is C13H18O4S. The number of aryl methyl sites for hydroxylation is 1. The van der Waals surface area contributed by atoms with Crippen LogP contribution in [0.3, 0.4) is 0 Å². The van der Waals surface area contributed by atoms with Crippen LogP contribution in [0.5, 0.6) is 0 Å². The predicted molar refractivity (Wildman–Crippen MR) is 68.2 cm³/mol. The van der Waals surface area contributed by atoms with E-state index in [0.717, 1.165) is 11.1 Å². The summed E-state index contributed by atoms with van der Waals surface area (Å²) >= 11 is 0. The van der Waals surface area contributed by atoms with Crippen molar-refractivity contribution < 1.29 is 17.3 Å². The van der Waals surface area contributed by atoms with E-state index in [1.807, 2.05) is 19.9 Å². The van der Waals surface area contributed by atoms with E-state index in [4.69, 9.17) is 8.92 Å². The van der Waals surface area contributed by atoms with Gasteiger partial charge in [0.05, 0.1) is 24.7 Å². The minimum atomic E-state index is -3.67. The summed E-state index contributed by atoms with van der Waals surface area (Å²) in [6.07, 6.45) is 0. The van der Waals surface area contributed by atoms with Crippen LogP contribution >= 0.6 is 0 Å². The monoisotopic (exact) mass is 270 g/mol. The van der Waals surface area contributed by atoms with E-state index in [0.29, 0.717) is 13.2 Å². The van der Waals surface area contributed by atoms with Crippen molar-refractivity contribution in [1.29, 1.82) is 0 Å². The number of hydrogen-bond acceptors (Lipinski definition) is 4. The van der Waals surface area contributed by atoms with Crippen molar-refractivity contribution in [1.82, 2.24) is 0 Å². The fraction of sp³-hybridized carbons (Fsp3) is 0.538. The van der Waals surface area contributed by atoms with E-state index in [2.05, 4.69) is 0 Å². The Hall–Kier alpha value is -0.910. The van der Waals surface area contributed by atoms with Gasteiger partial charge in [0.2, 0.25) is 0 Å². The van der Waals surface area contributed by atoms with Gasteiger partial charge in [-0.2, -0.15) is 8.42 Å². The van der Waals surface area contributed by atoms with E-state index >= 15 is 0 Å². The Morgan fingerprint density at radius 1 is 1.39 bits per heavy atom. The molecule has 0 amide bonds. The SMILES string of the molecule is CCOS(=O)(=O)c1ccc(C)cc1C1(C)COC1. The fourth-order valence-corrected chi connectivity index (χ4v) is 3.36. The Morgan fingerprint density at radius 3 is 2.56 bits per heavy atom. The highest BCUT2D eigenvalue weighted by molar-refractivity contribution is 7.86. The third-order valence-corrected chi connectivity index (χ3v) is 4.61. The molecule has 1 aliphatic rings. The lowest BCUT2D eigenvalue weighted by Crippen LogP contribution is -2.44. The normalized spacial score (nSPS) is 18.4. The van der Waals surface area contributed by atoms with Crippen molar-refractivity contribution in [3.05, 3.63) is 29.3 Å². The Morgan fingerprint density at radius 2 is 2.06 bits per heavy atom. The van der Waals surface area contributed by atoms with Crippen LogP contribution in [-0.2, 0) is 24.5 Å². The highest BCUT2D eigenvalue weighted by atomic mass is 32.2. The van der Waals surface area contributed by atoms with Crippen LogP contribution < -0.4 is 0 Å². The predicted octanol–water partition coefficient (Wildman–Crippen LogP) is 2.01. The summed E-state index contributed by atoms with van der Waals surface area (Å²) < 4.78 is 34.3. The molecule has 4 nitrogen and oxygen atoms in total. The second kappa shape index (κ2) is 4.64. The maximum absolute atomic E-state index is 12.1. The van der Waals surface area contributed by atoms with E-state index in [1.54, 1.807) is 19.1 Å². The Bertz CT molecular complexity index is 544. The molecule has 0 N–H and O–H groups in total. The Balaban J connectivity index is 2.54. The second-order valence-electron chi connectivity index (χ2n) is 4.91. The molecular weight excluding hydrogens is 252 g/mol. The highest BCUT2D eigenvalue weighted by Crippen LogP contribution is 2.36. The van der Waals surface area contributed by atoms with E-state index in [9.17, 15) is 8.42 Å². The zero-order valence-electron chi connectivity index (χ0n) is 10.9. The van der Waals surface area contributed by atoms with E-state index in [1.165, 1.54) is 0 Å². The van der Waals surface area contributed by atoms with Crippen LogP contribution in [-0.4, -0.2) is 28.2 Å². The van der Waals surface area contributed by atoms with Crippen molar-refractivity contribution >= 4 is 10.1 Å². The highest BCUT2D eigenvalue weighted by Gasteiger charge is 2.39. The summed E-state index contributed by atoms with van der Waals surface area (Å²) in [6.45, 7) is 6.86. The maximum Gasteiger partial charge on any atom is 0.297 e. The molecule has 1 saturated heterocycles. The number of rotatable bonds is 4. The molecule has 0 aliphatic carbocycles. The molecule has 1 heterocycles. The van der Waals surface area contributed by atoms with Gasteiger partial charge in [0.1, 0.15) is 0 Å². The smallest absolute Gasteiger partial charge is 0.297 e. The molecule has 0 atom stereocenters. The lowest BCUT2D eigenvalue weighted by molar-refractivity contribution is -0.0514. The van der Waals surface area contributed by atoms with Gasteiger partial charge in [-0.25, -0.2) is 0 Å². The zero-order valence-corrected chi connectivity index (χ0v) is 11.7. The number of benzene rings is 1. The van der Waals surface area contributed by atoms with Crippen molar-refractivity contribution in [2.24, 2.45) is 0 Å². The van der Waals surface area contributed by atoms with Crippen LogP contribution in [0.1, 0.15) is 25.0 Å². The first-order valence-electron chi connectivity index (χ1n) is 5.97. The van der Waals surface area contributed by atoms with Crippen LogP contribution in [0, 0.1) is 6.92 Å². The summed E-state index contributed by atoms with van der Waals surface area (Å²) in [6, 6.07) is 5.33. The van der Waals surface area contributed by atoms with Gasteiger partial charge < -0.3 is 4.74 Å². The second-order valence-corrected chi connectivity index (χ2v) is 6.50. The summed E-state index contributed by atoms with van der Waals surface area (Å²) in [5.74, 6) is 0. The summed E-state index contributed by atoms with van der Waals surface area (Å²) in [4.78, 5) is 0.265. The van der Waals surface area contributed by atoms with Crippen molar-refractivity contribution in [3.63, 3.8) is 0 Å². The maximum atomic E-state index is 12.1. The lowest BCUT2D eigenvalue weighted by Gasteiger charge is -2.39. The molecule has 1 fully saturated rings. The van der Waals surface area contributed by atoms with Crippen molar-refractivity contribution in [2.75, 3.05) is 19.8 Å². The van der Waals surface area contributed by atoms with E-state index in [-0.39, 0.29) is 16.9 Å². The first-order chi connectivity index (χ1) is 8.39.